The van der Waals surface area contributed by atoms with Crippen molar-refractivity contribution in [3.05, 3.63) is 60.5 Å². The van der Waals surface area contributed by atoms with Crippen molar-refractivity contribution in [2.75, 3.05) is 19.3 Å². The Labute approximate surface area is 175 Å². The lowest BCUT2D eigenvalue weighted by molar-refractivity contribution is 0.271. The number of hydrogen-bond donors (Lipinski definition) is 0. The standard InChI is InChI=1S/C20H21N3O5S2/c1-29(24,25)17-9-7-15(8-10-17)19-21-20(28-22-19)16-11-13-23(14-12-16)30(26,27)18-5-3-2-4-6-18/h2-10,16H,11-14H2,1H3. The van der Waals surface area contributed by atoms with E-state index in [2.05, 4.69) is 10.1 Å². The van der Waals surface area contributed by atoms with Crippen molar-refractivity contribution in [3.63, 3.8) is 0 Å². The third kappa shape index (κ3) is 4.16. The topological polar surface area (TPSA) is 110 Å². The molecule has 2 aromatic carbocycles. The summed E-state index contributed by atoms with van der Waals surface area (Å²) in [5, 5.41) is 4.00. The highest BCUT2D eigenvalue weighted by Gasteiger charge is 2.32. The molecule has 1 aromatic heterocycles. The van der Waals surface area contributed by atoms with Crippen LogP contribution in [-0.2, 0) is 19.9 Å². The van der Waals surface area contributed by atoms with E-state index >= 15 is 0 Å². The molecule has 8 nitrogen and oxygen atoms in total. The number of sulfonamides is 1. The van der Waals surface area contributed by atoms with E-state index in [-0.39, 0.29) is 10.8 Å². The van der Waals surface area contributed by atoms with Gasteiger partial charge < -0.3 is 4.52 Å². The van der Waals surface area contributed by atoms with E-state index in [9.17, 15) is 16.8 Å². The predicted molar refractivity (Wildman–Crippen MR) is 110 cm³/mol. The summed E-state index contributed by atoms with van der Waals surface area (Å²) in [4.78, 5) is 4.96. The molecule has 3 aromatic rings. The van der Waals surface area contributed by atoms with Crippen molar-refractivity contribution >= 4 is 19.9 Å². The van der Waals surface area contributed by atoms with E-state index in [0.717, 1.165) is 6.26 Å². The van der Waals surface area contributed by atoms with Crippen LogP contribution in [0.25, 0.3) is 11.4 Å². The fourth-order valence-corrected chi connectivity index (χ4v) is 5.58. The molecule has 10 heteroatoms. The monoisotopic (exact) mass is 447 g/mol. The lowest BCUT2D eigenvalue weighted by atomic mass is 9.98. The first kappa shape index (κ1) is 20.7. The second kappa shape index (κ2) is 7.93. The van der Waals surface area contributed by atoms with Gasteiger partial charge in [0.1, 0.15) is 0 Å². The molecule has 0 aliphatic carbocycles. The van der Waals surface area contributed by atoms with E-state index in [1.54, 1.807) is 42.5 Å². The molecule has 0 spiro atoms. The molecule has 1 fully saturated rings. The molecule has 0 unspecified atom stereocenters. The number of piperidine rings is 1. The van der Waals surface area contributed by atoms with Gasteiger partial charge >= 0.3 is 0 Å². The van der Waals surface area contributed by atoms with Gasteiger partial charge in [-0.2, -0.15) is 9.29 Å². The van der Waals surface area contributed by atoms with Crippen LogP contribution in [0.2, 0.25) is 0 Å². The quantitative estimate of drug-likeness (QED) is 0.591. The molecule has 30 heavy (non-hydrogen) atoms. The predicted octanol–water partition coefficient (Wildman–Crippen LogP) is 2.71. The summed E-state index contributed by atoms with van der Waals surface area (Å²) in [6.45, 7) is 0.755. The third-order valence-electron chi connectivity index (χ3n) is 5.17. The van der Waals surface area contributed by atoms with Crippen LogP contribution in [0, 0.1) is 0 Å². The molecule has 1 aliphatic rings. The van der Waals surface area contributed by atoms with Crippen molar-refractivity contribution in [1.29, 1.82) is 0 Å². The van der Waals surface area contributed by atoms with Gasteiger partial charge in [0.25, 0.3) is 0 Å². The minimum absolute atomic E-state index is 0.0243. The normalized spacial score (nSPS) is 16.6. The average molecular weight is 448 g/mol. The Hall–Kier alpha value is -2.56. The molecular formula is C20H21N3O5S2. The van der Waals surface area contributed by atoms with Crippen molar-refractivity contribution in [2.45, 2.75) is 28.6 Å². The molecule has 2 heterocycles. The maximum atomic E-state index is 12.7. The van der Waals surface area contributed by atoms with Gasteiger partial charge in [-0.05, 0) is 49.2 Å². The Morgan fingerprint density at radius 2 is 1.53 bits per heavy atom. The van der Waals surface area contributed by atoms with Crippen molar-refractivity contribution < 1.29 is 21.4 Å². The van der Waals surface area contributed by atoms with E-state index in [1.165, 1.54) is 16.4 Å². The molecular weight excluding hydrogens is 426 g/mol. The van der Waals surface area contributed by atoms with E-state index in [1.807, 2.05) is 0 Å². The second-order valence-corrected chi connectivity index (χ2v) is 11.2. The van der Waals surface area contributed by atoms with Gasteiger partial charge in [0.2, 0.25) is 21.7 Å². The second-order valence-electron chi connectivity index (χ2n) is 7.24. The summed E-state index contributed by atoms with van der Waals surface area (Å²) >= 11 is 0. The van der Waals surface area contributed by atoms with Crippen LogP contribution in [0.1, 0.15) is 24.7 Å². The largest absolute Gasteiger partial charge is 0.339 e. The molecule has 158 valence electrons. The van der Waals surface area contributed by atoms with Gasteiger partial charge in [-0.3, -0.25) is 0 Å². The highest BCUT2D eigenvalue weighted by Crippen LogP contribution is 2.31. The summed E-state index contributed by atoms with van der Waals surface area (Å²) in [5.74, 6) is 0.821. The van der Waals surface area contributed by atoms with Crippen LogP contribution in [-0.4, -0.2) is 50.6 Å². The van der Waals surface area contributed by atoms with Crippen molar-refractivity contribution in [3.8, 4) is 11.4 Å². The maximum absolute atomic E-state index is 12.7. The molecule has 0 N–H and O–H groups in total. The Bertz CT molecular complexity index is 1230. The van der Waals surface area contributed by atoms with E-state index in [4.69, 9.17) is 4.52 Å². The molecule has 4 rings (SSSR count). The number of aromatic nitrogens is 2. The highest BCUT2D eigenvalue weighted by molar-refractivity contribution is 7.90. The summed E-state index contributed by atoms with van der Waals surface area (Å²) in [5.41, 5.74) is 0.654. The number of rotatable bonds is 5. The fraction of sp³-hybridized carbons (Fsp3) is 0.300. The highest BCUT2D eigenvalue weighted by atomic mass is 32.2. The van der Waals surface area contributed by atoms with Crippen molar-refractivity contribution in [1.82, 2.24) is 14.4 Å². The van der Waals surface area contributed by atoms with E-state index < -0.39 is 19.9 Å². The van der Waals surface area contributed by atoms with Gasteiger partial charge in [-0.15, -0.1) is 0 Å². The van der Waals surface area contributed by atoms with E-state index in [0.29, 0.717) is 48.1 Å². The van der Waals surface area contributed by atoms with Gasteiger partial charge in [0, 0.05) is 30.8 Å². The number of sulfone groups is 1. The van der Waals surface area contributed by atoms with Gasteiger partial charge in [0.05, 0.1) is 9.79 Å². The molecule has 0 amide bonds. The first-order chi connectivity index (χ1) is 14.2. The van der Waals surface area contributed by atoms with Crippen LogP contribution in [0.5, 0.6) is 0 Å². The minimum Gasteiger partial charge on any atom is -0.339 e. The number of benzene rings is 2. The summed E-state index contributed by atoms with van der Waals surface area (Å²) in [6.07, 6.45) is 2.32. The zero-order valence-electron chi connectivity index (χ0n) is 16.3. The minimum atomic E-state index is -3.50. The Morgan fingerprint density at radius 1 is 0.900 bits per heavy atom. The average Bonchev–Trinajstić information content (AvgIpc) is 3.24. The molecule has 1 aliphatic heterocycles. The van der Waals surface area contributed by atoms with Crippen LogP contribution >= 0.6 is 0 Å². The van der Waals surface area contributed by atoms with Crippen LogP contribution in [0.4, 0.5) is 0 Å². The van der Waals surface area contributed by atoms with Gasteiger partial charge in [-0.25, -0.2) is 16.8 Å². The smallest absolute Gasteiger partial charge is 0.243 e. The lowest BCUT2D eigenvalue weighted by Crippen LogP contribution is -2.37. The fourth-order valence-electron chi connectivity index (χ4n) is 3.45. The van der Waals surface area contributed by atoms with Gasteiger partial charge in [0.15, 0.2) is 9.84 Å². The first-order valence-corrected chi connectivity index (χ1v) is 12.8. The Morgan fingerprint density at radius 3 is 2.13 bits per heavy atom. The number of nitrogens with zero attached hydrogens (tertiary/aromatic N) is 3. The SMILES string of the molecule is CS(=O)(=O)c1ccc(-c2noc(C3CCN(S(=O)(=O)c4ccccc4)CC3)n2)cc1. The summed E-state index contributed by atoms with van der Waals surface area (Å²) in [6, 6.07) is 14.7. The molecule has 0 saturated carbocycles. The zero-order valence-corrected chi connectivity index (χ0v) is 17.9. The Kier molecular flexibility index (Phi) is 5.48. The first-order valence-electron chi connectivity index (χ1n) is 9.44. The molecule has 0 radical (unpaired) electrons. The molecule has 0 atom stereocenters. The van der Waals surface area contributed by atoms with Crippen molar-refractivity contribution in [2.24, 2.45) is 0 Å². The Balaban J connectivity index is 1.45. The van der Waals surface area contributed by atoms with Crippen LogP contribution in [0.3, 0.4) is 0 Å². The maximum Gasteiger partial charge on any atom is 0.243 e. The van der Waals surface area contributed by atoms with Crippen LogP contribution in [0.15, 0.2) is 68.9 Å². The molecule has 1 saturated heterocycles. The lowest BCUT2D eigenvalue weighted by Gasteiger charge is -2.29. The van der Waals surface area contributed by atoms with Gasteiger partial charge in [-0.1, -0.05) is 23.4 Å². The zero-order chi connectivity index (χ0) is 21.4. The third-order valence-corrected chi connectivity index (χ3v) is 8.21. The number of hydrogen-bond acceptors (Lipinski definition) is 7. The summed E-state index contributed by atoms with van der Waals surface area (Å²) < 4.78 is 55.6. The molecule has 0 bridgehead atoms. The summed E-state index contributed by atoms with van der Waals surface area (Å²) in [7, 11) is -6.77. The van der Waals surface area contributed by atoms with Crippen LogP contribution < -0.4 is 0 Å².